The van der Waals surface area contributed by atoms with E-state index in [-0.39, 0.29) is 0 Å². The number of aryl methyl sites for hydroxylation is 3. The Morgan fingerprint density at radius 3 is 2.07 bits per heavy atom. The Labute approximate surface area is 161 Å². The number of hydrogen-bond donors (Lipinski definition) is 1. The number of aromatic nitrogens is 4. The molecule has 0 saturated carbocycles. The monoisotopic (exact) mass is 402 g/mol. The third kappa shape index (κ3) is 6.34. The van der Waals surface area contributed by atoms with Crippen molar-refractivity contribution in [2.45, 2.75) is 26.2 Å². The summed E-state index contributed by atoms with van der Waals surface area (Å²) >= 11 is 0. The van der Waals surface area contributed by atoms with E-state index in [1.54, 1.807) is 0 Å². The average molecular weight is 402 g/mol. The fourth-order valence-electron chi connectivity index (χ4n) is 2.94. The first-order valence-corrected chi connectivity index (χ1v) is 8.77. The molecule has 8 nitrogen and oxygen atoms in total. The maximum Gasteiger partial charge on any atom is 0.490 e. The summed E-state index contributed by atoms with van der Waals surface area (Å²) in [5.74, 6) is -2.76. The molecule has 0 amide bonds. The van der Waals surface area contributed by atoms with E-state index in [0.717, 1.165) is 45.0 Å². The van der Waals surface area contributed by atoms with Gasteiger partial charge in [0.25, 0.3) is 0 Å². The number of carbonyl (C=O) groups is 1. The van der Waals surface area contributed by atoms with Crippen molar-refractivity contribution in [2.75, 3.05) is 26.2 Å². The van der Waals surface area contributed by atoms with Crippen molar-refractivity contribution < 1.29 is 23.1 Å². The van der Waals surface area contributed by atoms with Crippen LogP contribution in [0, 0.1) is 6.92 Å². The van der Waals surface area contributed by atoms with Crippen LogP contribution in [0.2, 0.25) is 0 Å². The Hall–Kier alpha value is -2.40. The van der Waals surface area contributed by atoms with Crippen molar-refractivity contribution in [3.63, 3.8) is 0 Å². The van der Waals surface area contributed by atoms with Gasteiger partial charge in [0.15, 0.2) is 0 Å². The minimum absolute atomic E-state index is 0.996. The molecule has 0 unspecified atom stereocenters. The minimum atomic E-state index is -5.08. The molecule has 0 atom stereocenters. The molecule has 1 aliphatic rings. The fourth-order valence-corrected chi connectivity index (χ4v) is 2.94. The zero-order valence-electron chi connectivity index (χ0n) is 16.1. The lowest BCUT2D eigenvalue weighted by atomic mass is 10.2. The second-order valence-electron chi connectivity index (χ2n) is 6.71. The van der Waals surface area contributed by atoms with E-state index < -0.39 is 12.1 Å². The summed E-state index contributed by atoms with van der Waals surface area (Å²) in [6.45, 7) is 8.57. The van der Waals surface area contributed by atoms with E-state index in [1.165, 1.54) is 11.3 Å². The normalized spacial score (nSPS) is 15.9. The van der Waals surface area contributed by atoms with Crippen LogP contribution in [0.25, 0.3) is 0 Å². The molecule has 28 heavy (non-hydrogen) atoms. The molecule has 1 saturated heterocycles. The molecule has 0 aromatic carbocycles. The van der Waals surface area contributed by atoms with Crippen molar-refractivity contribution in [2.24, 2.45) is 14.1 Å². The minimum Gasteiger partial charge on any atom is -0.475 e. The van der Waals surface area contributed by atoms with Crippen LogP contribution in [0.15, 0.2) is 18.5 Å². The number of carboxylic acids is 1. The standard InChI is InChI=1S/C15H24N6.C2HF3O2/c1-13-14(10-18(2)17-13)11-20-6-8-21(9-7-20)12-15-4-5-16-19(15)3;3-2(4,5)1(6)7/h4-5,10H,6-9,11-12H2,1-3H3;(H,6,7). The molecule has 2 aromatic rings. The van der Waals surface area contributed by atoms with Gasteiger partial charge < -0.3 is 5.11 Å². The first kappa shape index (κ1) is 21.9. The number of nitrogens with zero attached hydrogens (tertiary/aromatic N) is 6. The topological polar surface area (TPSA) is 79.4 Å². The van der Waals surface area contributed by atoms with Gasteiger partial charge in [0.2, 0.25) is 0 Å². The largest absolute Gasteiger partial charge is 0.490 e. The van der Waals surface area contributed by atoms with Crippen LogP contribution in [0.3, 0.4) is 0 Å². The predicted molar refractivity (Wildman–Crippen MR) is 95.4 cm³/mol. The van der Waals surface area contributed by atoms with Crippen molar-refractivity contribution in [3.8, 4) is 0 Å². The number of alkyl halides is 3. The maximum atomic E-state index is 10.6. The maximum absolute atomic E-state index is 10.6. The van der Waals surface area contributed by atoms with E-state index in [4.69, 9.17) is 9.90 Å². The van der Waals surface area contributed by atoms with Crippen molar-refractivity contribution in [3.05, 3.63) is 35.4 Å². The van der Waals surface area contributed by atoms with Crippen molar-refractivity contribution in [1.82, 2.24) is 29.4 Å². The molecule has 3 heterocycles. The number of piperazine rings is 1. The molecule has 1 aliphatic heterocycles. The Balaban J connectivity index is 0.000000345. The SMILES string of the molecule is Cc1nn(C)cc1CN1CCN(Cc2ccnn2C)CC1.O=C(O)C(F)(F)F. The molecular formula is C17H25F3N6O2. The highest BCUT2D eigenvalue weighted by Crippen LogP contribution is 2.14. The van der Waals surface area contributed by atoms with E-state index in [9.17, 15) is 13.2 Å². The smallest absolute Gasteiger partial charge is 0.475 e. The van der Waals surface area contributed by atoms with Crippen molar-refractivity contribution in [1.29, 1.82) is 0 Å². The van der Waals surface area contributed by atoms with Crippen LogP contribution in [0.4, 0.5) is 13.2 Å². The molecule has 0 aliphatic carbocycles. The van der Waals surface area contributed by atoms with Crippen LogP contribution in [-0.4, -0.2) is 72.8 Å². The number of hydrogen-bond acceptors (Lipinski definition) is 5. The van der Waals surface area contributed by atoms with Crippen LogP contribution in [0.1, 0.15) is 17.0 Å². The van der Waals surface area contributed by atoms with Gasteiger partial charge in [-0.2, -0.15) is 23.4 Å². The molecule has 3 rings (SSSR count). The van der Waals surface area contributed by atoms with Crippen LogP contribution >= 0.6 is 0 Å². The lowest BCUT2D eigenvalue weighted by Gasteiger charge is -2.34. The Morgan fingerprint density at radius 1 is 1.14 bits per heavy atom. The van der Waals surface area contributed by atoms with Gasteiger partial charge in [-0.25, -0.2) is 4.79 Å². The Bertz CT molecular complexity index is 778. The Kier molecular flexibility index (Phi) is 7.19. The molecule has 2 aromatic heterocycles. The summed E-state index contributed by atoms with van der Waals surface area (Å²) < 4.78 is 35.6. The van der Waals surface area contributed by atoms with Gasteiger partial charge in [0, 0.05) is 71.3 Å². The first-order valence-electron chi connectivity index (χ1n) is 8.77. The summed E-state index contributed by atoms with van der Waals surface area (Å²) in [6, 6.07) is 2.10. The molecular weight excluding hydrogens is 377 g/mol. The van der Waals surface area contributed by atoms with Crippen LogP contribution in [0.5, 0.6) is 0 Å². The van der Waals surface area contributed by atoms with E-state index >= 15 is 0 Å². The summed E-state index contributed by atoms with van der Waals surface area (Å²) in [4.78, 5) is 13.9. The highest BCUT2D eigenvalue weighted by molar-refractivity contribution is 5.73. The molecule has 1 fully saturated rings. The van der Waals surface area contributed by atoms with Gasteiger partial charge in [-0.05, 0) is 13.0 Å². The van der Waals surface area contributed by atoms with Crippen LogP contribution < -0.4 is 0 Å². The summed E-state index contributed by atoms with van der Waals surface area (Å²) in [7, 11) is 4.00. The Morgan fingerprint density at radius 2 is 1.68 bits per heavy atom. The van der Waals surface area contributed by atoms with Gasteiger partial charge in [-0.3, -0.25) is 19.2 Å². The quantitative estimate of drug-likeness (QED) is 0.833. The molecule has 11 heteroatoms. The van der Waals surface area contributed by atoms with Gasteiger partial charge in [0.1, 0.15) is 0 Å². The second kappa shape index (κ2) is 9.20. The summed E-state index contributed by atoms with van der Waals surface area (Å²) in [5, 5.41) is 15.8. The van der Waals surface area contributed by atoms with E-state index in [1.807, 2.05) is 29.7 Å². The molecule has 0 radical (unpaired) electrons. The van der Waals surface area contributed by atoms with Crippen LogP contribution in [-0.2, 0) is 32.0 Å². The number of rotatable bonds is 4. The third-order valence-corrected chi connectivity index (χ3v) is 4.52. The highest BCUT2D eigenvalue weighted by Gasteiger charge is 2.38. The zero-order valence-corrected chi connectivity index (χ0v) is 16.1. The van der Waals surface area contributed by atoms with Crippen molar-refractivity contribution >= 4 is 5.97 Å². The lowest BCUT2D eigenvalue weighted by molar-refractivity contribution is -0.192. The molecule has 0 spiro atoms. The fraction of sp³-hybridized carbons (Fsp3) is 0.588. The number of aliphatic carboxylic acids is 1. The first-order chi connectivity index (χ1) is 13.1. The lowest BCUT2D eigenvalue weighted by Crippen LogP contribution is -2.45. The second-order valence-corrected chi connectivity index (χ2v) is 6.71. The van der Waals surface area contributed by atoms with Gasteiger partial charge >= 0.3 is 12.1 Å². The molecule has 1 N–H and O–H groups in total. The van der Waals surface area contributed by atoms with E-state index in [0.29, 0.717) is 0 Å². The predicted octanol–water partition coefficient (Wildman–Crippen LogP) is 1.41. The molecule has 0 bridgehead atoms. The van der Waals surface area contributed by atoms with Gasteiger partial charge in [-0.1, -0.05) is 0 Å². The molecule has 156 valence electrons. The average Bonchev–Trinajstić information content (AvgIpc) is 3.14. The summed E-state index contributed by atoms with van der Waals surface area (Å²) in [6.07, 6.45) is -1.08. The number of halogens is 3. The highest BCUT2D eigenvalue weighted by atomic mass is 19.4. The van der Waals surface area contributed by atoms with Gasteiger partial charge in [0.05, 0.1) is 11.4 Å². The third-order valence-electron chi connectivity index (χ3n) is 4.52. The van der Waals surface area contributed by atoms with Gasteiger partial charge in [-0.15, -0.1) is 0 Å². The summed E-state index contributed by atoms with van der Waals surface area (Å²) in [5.41, 5.74) is 3.78. The zero-order chi connectivity index (χ0) is 20.9. The number of carboxylic acid groups (broad SMARTS) is 1. The van der Waals surface area contributed by atoms with E-state index in [2.05, 4.69) is 39.2 Å².